The predicted molar refractivity (Wildman–Crippen MR) is 57.5 cm³/mol. The summed E-state index contributed by atoms with van der Waals surface area (Å²) in [5.74, 6) is -6.27. The molecule has 0 aliphatic heterocycles. The van der Waals surface area contributed by atoms with Crippen molar-refractivity contribution in [1.29, 1.82) is 0 Å². The minimum absolute atomic E-state index is 0.393. The van der Waals surface area contributed by atoms with Crippen LogP contribution in [0.4, 0.5) is 22.0 Å². The number of alkyl halides is 6. The first-order valence-electron chi connectivity index (χ1n) is 4.73. The Labute approximate surface area is 99.7 Å². The molecule has 0 aliphatic rings. The summed E-state index contributed by atoms with van der Waals surface area (Å²) in [6.45, 7) is 2.83. The number of hydrogen-bond acceptors (Lipinski definition) is 0. The molecule has 2 atom stereocenters. The quantitative estimate of drug-likeness (QED) is 0.381. The Morgan fingerprint density at radius 1 is 1.13 bits per heavy atom. The molecule has 0 aromatic rings. The van der Waals surface area contributed by atoms with Gasteiger partial charge in [-0.3, -0.25) is 0 Å². The van der Waals surface area contributed by atoms with Gasteiger partial charge in [0.1, 0.15) is 0 Å². The zero-order valence-electron chi connectivity index (χ0n) is 8.54. The lowest BCUT2D eigenvalue weighted by molar-refractivity contribution is -0.300. The summed E-state index contributed by atoms with van der Waals surface area (Å²) in [6.07, 6.45) is -3.58. The van der Waals surface area contributed by atoms with E-state index in [4.69, 9.17) is 0 Å². The average molecular weight is 344 g/mol. The van der Waals surface area contributed by atoms with Crippen LogP contribution in [-0.2, 0) is 0 Å². The molecule has 6 heteroatoms. The molecule has 0 heterocycles. The Bertz CT molecular complexity index is 189. The summed E-state index contributed by atoms with van der Waals surface area (Å²) in [6, 6.07) is 0. The van der Waals surface area contributed by atoms with E-state index < -0.39 is 21.9 Å². The zero-order chi connectivity index (χ0) is 12.3. The van der Waals surface area contributed by atoms with Crippen LogP contribution in [0.3, 0.4) is 0 Å². The van der Waals surface area contributed by atoms with Crippen LogP contribution in [0.1, 0.15) is 33.1 Å². The molecule has 0 bridgehead atoms. The fourth-order valence-electron chi connectivity index (χ4n) is 1.13. The highest BCUT2D eigenvalue weighted by molar-refractivity contribution is 14.1. The van der Waals surface area contributed by atoms with Crippen LogP contribution in [0.15, 0.2) is 0 Å². The Hall–Kier alpha value is 0.380. The lowest BCUT2D eigenvalue weighted by atomic mass is 9.96. The molecule has 0 amide bonds. The van der Waals surface area contributed by atoms with E-state index in [-0.39, 0.29) is 0 Å². The van der Waals surface area contributed by atoms with Crippen LogP contribution < -0.4 is 0 Å². The summed E-state index contributed by atoms with van der Waals surface area (Å²) in [5.41, 5.74) is 0. The lowest BCUT2D eigenvalue weighted by Gasteiger charge is -2.29. The van der Waals surface area contributed by atoms with Gasteiger partial charge in [0, 0.05) is 9.84 Å². The smallest absolute Gasteiger partial charge is 0.196 e. The van der Waals surface area contributed by atoms with Crippen LogP contribution in [0.5, 0.6) is 0 Å². The number of unbranched alkanes of at least 4 members (excludes halogenated alkanes) is 1. The fourth-order valence-corrected chi connectivity index (χ4v) is 2.03. The molecule has 0 saturated carbocycles. The highest BCUT2D eigenvalue weighted by Gasteiger charge is 2.61. The minimum Gasteiger partial charge on any atom is -0.196 e. The maximum Gasteiger partial charge on any atom is 0.453 e. The van der Waals surface area contributed by atoms with Gasteiger partial charge in [-0.2, -0.15) is 22.0 Å². The molecule has 2 unspecified atom stereocenters. The highest BCUT2D eigenvalue weighted by Crippen LogP contribution is 2.44. The van der Waals surface area contributed by atoms with Crippen molar-refractivity contribution in [2.45, 2.75) is 49.1 Å². The van der Waals surface area contributed by atoms with E-state index in [9.17, 15) is 22.0 Å². The second-order valence-electron chi connectivity index (χ2n) is 3.57. The topological polar surface area (TPSA) is 0 Å². The van der Waals surface area contributed by atoms with E-state index in [0.717, 1.165) is 13.3 Å². The van der Waals surface area contributed by atoms with Crippen molar-refractivity contribution in [3.63, 3.8) is 0 Å². The third kappa shape index (κ3) is 4.03. The third-order valence-electron chi connectivity index (χ3n) is 2.33. The first-order valence-corrected chi connectivity index (χ1v) is 5.97. The molecule has 0 aromatic heterocycles. The lowest BCUT2D eigenvalue weighted by Crippen LogP contribution is -2.45. The molecule has 0 aliphatic carbocycles. The number of hydrogen-bond donors (Lipinski definition) is 0. The van der Waals surface area contributed by atoms with Gasteiger partial charge in [0.15, 0.2) is 0 Å². The van der Waals surface area contributed by atoms with Crippen molar-refractivity contribution >= 4 is 22.6 Å². The van der Waals surface area contributed by atoms with Crippen molar-refractivity contribution in [3.8, 4) is 0 Å². The van der Waals surface area contributed by atoms with Crippen LogP contribution in [0.25, 0.3) is 0 Å². The molecule has 15 heavy (non-hydrogen) atoms. The van der Waals surface area contributed by atoms with Gasteiger partial charge < -0.3 is 0 Å². The molecule has 0 aromatic carbocycles. The SMILES string of the molecule is CCCCC(I)C(C)C(F)(F)C(F)(F)F. The maximum absolute atomic E-state index is 12.9. The molecular formula is C9H14F5I. The van der Waals surface area contributed by atoms with Crippen LogP contribution >= 0.6 is 22.6 Å². The average Bonchev–Trinajstić information content (AvgIpc) is 2.10. The van der Waals surface area contributed by atoms with Crippen molar-refractivity contribution in [3.05, 3.63) is 0 Å². The summed E-state index contributed by atoms with van der Waals surface area (Å²) < 4.78 is 61.1. The van der Waals surface area contributed by atoms with Gasteiger partial charge in [-0.15, -0.1) is 0 Å². The van der Waals surface area contributed by atoms with Gasteiger partial charge in [0.2, 0.25) is 0 Å². The molecule has 0 spiro atoms. The molecule has 0 radical (unpaired) electrons. The van der Waals surface area contributed by atoms with E-state index in [1.807, 2.05) is 6.92 Å². The van der Waals surface area contributed by atoms with Crippen molar-refractivity contribution in [1.82, 2.24) is 0 Å². The Balaban J connectivity index is 4.48. The molecule has 0 nitrogen and oxygen atoms in total. The van der Waals surface area contributed by atoms with E-state index >= 15 is 0 Å². The molecule has 0 N–H and O–H groups in total. The summed E-state index contributed by atoms with van der Waals surface area (Å²) in [7, 11) is 0. The van der Waals surface area contributed by atoms with Crippen molar-refractivity contribution < 1.29 is 22.0 Å². The first kappa shape index (κ1) is 15.4. The Kier molecular flexibility index (Phi) is 5.77. The minimum atomic E-state index is -5.44. The zero-order valence-corrected chi connectivity index (χ0v) is 10.7. The normalized spacial score (nSPS) is 17.6. The van der Waals surface area contributed by atoms with Crippen LogP contribution in [-0.4, -0.2) is 16.0 Å². The van der Waals surface area contributed by atoms with Crippen LogP contribution in [0.2, 0.25) is 0 Å². The third-order valence-corrected chi connectivity index (χ3v) is 4.03. The van der Waals surface area contributed by atoms with E-state index in [2.05, 4.69) is 0 Å². The monoisotopic (exact) mass is 344 g/mol. The van der Waals surface area contributed by atoms with Gasteiger partial charge in [0.25, 0.3) is 0 Å². The first-order chi connectivity index (χ1) is 6.64. The fraction of sp³-hybridized carbons (Fsp3) is 1.00. The van der Waals surface area contributed by atoms with E-state index in [1.165, 1.54) is 0 Å². The number of halogens is 6. The Morgan fingerprint density at radius 3 is 1.93 bits per heavy atom. The number of rotatable bonds is 5. The summed E-state index contributed by atoms with van der Waals surface area (Å²) >= 11 is 1.68. The molecule has 0 saturated heterocycles. The standard InChI is InChI=1S/C9H14F5I/c1-3-4-5-7(15)6(2)8(10,11)9(12,13)14/h6-7H,3-5H2,1-2H3. The predicted octanol–water partition coefficient (Wildman–Crippen LogP) is 4.81. The van der Waals surface area contributed by atoms with Gasteiger partial charge >= 0.3 is 12.1 Å². The maximum atomic E-state index is 12.9. The second kappa shape index (κ2) is 5.63. The van der Waals surface area contributed by atoms with E-state index in [0.29, 0.717) is 12.8 Å². The van der Waals surface area contributed by atoms with Gasteiger partial charge in [-0.1, -0.05) is 49.3 Å². The molecule has 0 rings (SSSR count). The molecule has 92 valence electrons. The van der Waals surface area contributed by atoms with Crippen molar-refractivity contribution in [2.24, 2.45) is 5.92 Å². The van der Waals surface area contributed by atoms with Gasteiger partial charge in [0.05, 0.1) is 0 Å². The van der Waals surface area contributed by atoms with E-state index in [1.54, 1.807) is 22.6 Å². The van der Waals surface area contributed by atoms with Crippen molar-refractivity contribution in [2.75, 3.05) is 0 Å². The molecule has 0 fully saturated rings. The summed E-state index contributed by atoms with van der Waals surface area (Å²) in [5, 5.41) is 0. The second-order valence-corrected chi connectivity index (χ2v) is 5.17. The highest BCUT2D eigenvalue weighted by atomic mass is 127. The summed E-state index contributed by atoms with van der Waals surface area (Å²) in [4.78, 5) is 0. The van der Waals surface area contributed by atoms with Crippen LogP contribution in [0, 0.1) is 5.92 Å². The molecular weight excluding hydrogens is 330 g/mol. The van der Waals surface area contributed by atoms with Gasteiger partial charge in [-0.05, 0) is 6.42 Å². The van der Waals surface area contributed by atoms with Gasteiger partial charge in [-0.25, -0.2) is 0 Å². The Morgan fingerprint density at radius 2 is 1.60 bits per heavy atom. The largest absolute Gasteiger partial charge is 0.453 e.